The van der Waals surface area contributed by atoms with Gasteiger partial charge in [-0.05, 0) is 22.4 Å². The van der Waals surface area contributed by atoms with Gasteiger partial charge in [0.2, 0.25) is 6.73 Å². The van der Waals surface area contributed by atoms with Crippen molar-refractivity contribution in [2.45, 2.75) is 18.8 Å². The van der Waals surface area contributed by atoms with Crippen molar-refractivity contribution in [2.24, 2.45) is 7.05 Å². The fraction of sp³-hybridized carbons (Fsp3) is 0.182. The van der Waals surface area contributed by atoms with Crippen LogP contribution in [0.25, 0.3) is 22.0 Å². The van der Waals surface area contributed by atoms with E-state index in [0.717, 1.165) is 11.3 Å². The van der Waals surface area contributed by atoms with E-state index in [1.807, 2.05) is 40.8 Å². The van der Waals surface area contributed by atoms with Crippen LogP contribution in [0.4, 0.5) is 13.2 Å². The van der Waals surface area contributed by atoms with E-state index in [9.17, 15) is 13.2 Å². The largest absolute Gasteiger partial charge is 0.741 e. The summed E-state index contributed by atoms with van der Waals surface area (Å²) in [6.45, 7) is 0.989. The van der Waals surface area contributed by atoms with Crippen LogP contribution in [-0.2, 0) is 35.2 Å². The summed E-state index contributed by atoms with van der Waals surface area (Å²) in [5, 5.41) is 6.96. The number of alkyl halides is 3. The lowest BCUT2D eigenvalue weighted by molar-refractivity contribution is -0.786. The average molecular weight is 479 g/mol. The summed E-state index contributed by atoms with van der Waals surface area (Å²) in [5.74, 6) is 0. The number of hydrogen-bond acceptors (Lipinski definition) is 5. The lowest BCUT2D eigenvalue weighted by Crippen LogP contribution is -2.37. The van der Waals surface area contributed by atoms with Crippen LogP contribution in [0.5, 0.6) is 0 Å². The van der Waals surface area contributed by atoms with Crippen molar-refractivity contribution >= 4 is 20.9 Å². The first-order valence-corrected chi connectivity index (χ1v) is 11.0. The zero-order chi connectivity index (χ0) is 24.1. The van der Waals surface area contributed by atoms with Gasteiger partial charge in [0.15, 0.2) is 22.0 Å². The molecule has 0 spiro atoms. The summed E-state index contributed by atoms with van der Waals surface area (Å²) >= 11 is 0. The smallest absolute Gasteiger partial charge is 0.485 e. The van der Waals surface area contributed by atoms with E-state index in [1.165, 1.54) is 16.3 Å². The van der Waals surface area contributed by atoms with Crippen molar-refractivity contribution in [3.05, 3.63) is 84.6 Å². The van der Waals surface area contributed by atoms with Crippen LogP contribution in [0.3, 0.4) is 0 Å². The fourth-order valence-corrected chi connectivity index (χ4v) is 2.99. The molecule has 11 heteroatoms. The number of hydrogen-bond donors (Lipinski definition) is 0. The van der Waals surface area contributed by atoms with Crippen LogP contribution in [0.15, 0.2) is 79.0 Å². The standard InChI is InChI=1S/C21H20N3O.CHF3O3S/c1-23-21(19-8-3-2-4-9-19)14-24(22-23)16-25-15-17-11-12-18-7-5-6-10-20(18)13-17;2-1(3,4)8(5,6)7/h2-14H,15-16H2,1H3;(H,5,6,7)/q+1;/p-1. The van der Waals surface area contributed by atoms with Crippen molar-refractivity contribution in [2.75, 3.05) is 0 Å². The Morgan fingerprint density at radius 3 is 2.24 bits per heavy atom. The van der Waals surface area contributed by atoms with E-state index in [0.29, 0.717) is 13.3 Å². The van der Waals surface area contributed by atoms with E-state index in [1.54, 1.807) is 0 Å². The molecule has 0 bridgehead atoms. The summed E-state index contributed by atoms with van der Waals surface area (Å²) in [6.07, 6.45) is 2.01. The maximum absolute atomic E-state index is 10.7. The lowest BCUT2D eigenvalue weighted by atomic mass is 10.1. The molecule has 0 radical (unpaired) electrons. The van der Waals surface area contributed by atoms with Crippen LogP contribution < -0.4 is 4.68 Å². The van der Waals surface area contributed by atoms with Gasteiger partial charge in [0.1, 0.15) is 7.05 Å². The second kappa shape index (κ2) is 10.1. The molecule has 0 aliphatic heterocycles. The number of nitrogens with zero attached hydrogens (tertiary/aromatic N) is 3. The van der Waals surface area contributed by atoms with Crippen LogP contribution >= 0.6 is 0 Å². The Hall–Kier alpha value is -3.28. The molecule has 0 aliphatic rings. The molecule has 0 N–H and O–H groups in total. The number of fused-ring (bicyclic) bond motifs is 1. The molecule has 4 rings (SSSR count). The third-order valence-electron chi connectivity index (χ3n) is 4.53. The van der Waals surface area contributed by atoms with E-state index in [4.69, 9.17) is 17.7 Å². The summed E-state index contributed by atoms with van der Waals surface area (Å²) in [6, 6.07) is 25.0. The summed E-state index contributed by atoms with van der Waals surface area (Å²) in [7, 11) is -4.14. The Bertz CT molecular complexity index is 1320. The monoisotopic (exact) mass is 479 g/mol. The highest BCUT2D eigenvalue weighted by atomic mass is 32.2. The number of aryl methyl sites for hydroxylation is 1. The van der Waals surface area contributed by atoms with Crippen molar-refractivity contribution < 1.29 is 35.6 Å². The Morgan fingerprint density at radius 1 is 1.00 bits per heavy atom. The number of benzene rings is 3. The van der Waals surface area contributed by atoms with Gasteiger partial charge < -0.3 is 9.29 Å². The van der Waals surface area contributed by atoms with Gasteiger partial charge in [0.25, 0.3) is 0 Å². The third-order valence-corrected chi connectivity index (χ3v) is 5.10. The lowest BCUT2D eigenvalue weighted by Gasteiger charge is -2.08. The van der Waals surface area contributed by atoms with Gasteiger partial charge in [0, 0.05) is 5.56 Å². The molecule has 0 unspecified atom stereocenters. The van der Waals surface area contributed by atoms with E-state index in [-0.39, 0.29) is 0 Å². The van der Waals surface area contributed by atoms with Crippen LogP contribution in [0, 0.1) is 0 Å². The van der Waals surface area contributed by atoms with Crippen molar-refractivity contribution in [1.29, 1.82) is 0 Å². The Labute approximate surface area is 188 Å². The highest BCUT2D eigenvalue weighted by molar-refractivity contribution is 7.86. The Kier molecular flexibility index (Phi) is 7.46. The maximum atomic E-state index is 10.7. The molecule has 174 valence electrons. The van der Waals surface area contributed by atoms with Crippen LogP contribution in [-0.4, -0.2) is 28.4 Å². The minimum atomic E-state index is -6.09. The first-order chi connectivity index (χ1) is 15.5. The van der Waals surface area contributed by atoms with Crippen LogP contribution in [0.2, 0.25) is 0 Å². The average Bonchev–Trinajstić information content (AvgIpc) is 3.14. The fourth-order valence-electron chi connectivity index (χ4n) is 2.99. The molecule has 3 aromatic carbocycles. The van der Waals surface area contributed by atoms with E-state index in [2.05, 4.69) is 59.8 Å². The van der Waals surface area contributed by atoms with Gasteiger partial charge >= 0.3 is 5.51 Å². The number of rotatable bonds is 5. The predicted molar refractivity (Wildman–Crippen MR) is 113 cm³/mol. The number of ether oxygens (including phenoxy) is 1. The molecular formula is C22H20F3N3O4S. The molecular weight excluding hydrogens is 459 g/mol. The number of aromatic nitrogens is 3. The highest BCUT2D eigenvalue weighted by Gasteiger charge is 2.36. The molecule has 33 heavy (non-hydrogen) atoms. The highest BCUT2D eigenvalue weighted by Crippen LogP contribution is 2.20. The normalized spacial score (nSPS) is 11.8. The topological polar surface area (TPSA) is 88.1 Å². The van der Waals surface area contributed by atoms with Gasteiger partial charge in [-0.25, -0.2) is 8.42 Å². The van der Waals surface area contributed by atoms with Crippen molar-refractivity contribution in [1.82, 2.24) is 9.90 Å². The SMILES string of the molecule is Cn1n[n+](COCc2ccc3ccccc3c2)cc1-c1ccccc1.O=S(=O)([O-])C(F)(F)F. The van der Waals surface area contributed by atoms with Crippen LogP contribution in [0.1, 0.15) is 5.56 Å². The summed E-state index contributed by atoms with van der Waals surface area (Å²) in [5.41, 5.74) is -2.27. The molecule has 0 atom stereocenters. The van der Waals surface area contributed by atoms with E-state index >= 15 is 0 Å². The van der Waals surface area contributed by atoms with Crippen molar-refractivity contribution in [3.63, 3.8) is 0 Å². The van der Waals surface area contributed by atoms with Crippen molar-refractivity contribution in [3.8, 4) is 11.3 Å². The molecule has 4 aromatic rings. The second-order valence-corrected chi connectivity index (χ2v) is 8.36. The molecule has 1 aromatic heterocycles. The van der Waals surface area contributed by atoms with Gasteiger partial charge in [-0.2, -0.15) is 13.2 Å². The summed E-state index contributed by atoms with van der Waals surface area (Å²) in [4.78, 5) is 0. The minimum absolute atomic E-state index is 0.424. The predicted octanol–water partition coefficient (Wildman–Crippen LogP) is 3.75. The Balaban J connectivity index is 0.000000331. The van der Waals surface area contributed by atoms with Gasteiger partial charge in [0.05, 0.1) is 11.8 Å². The first kappa shape index (κ1) is 24.4. The zero-order valence-electron chi connectivity index (χ0n) is 17.4. The molecule has 0 amide bonds. The molecule has 1 heterocycles. The summed E-state index contributed by atoms with van der Waals surface area (Å²) < 4.78 is 68.4. The van der Waals surface area contributed by atoms with E-state index < -0.39 is 15.6 Å². The first-order valence-electron chi connectivity index (χ1n) is 9.61. The molecule has 0 fully saturated rings. The molecule has 0 saturated carbocycles. The molecule has 0 aliphatic carbocycles. The quantitative estimate of drug-likeness (QED) is 0.247. The minimum Gasteiger partial charge on any atom is -0.741 e. The molecule has 0 saturated heterocycles. The van der Waals surface area contributed by atoms with Gasteiger partial charge in [-0.1, -0.05) is 66.7 Å². The number of halogens is 3. The second-order valence-electron chi connectivity index (χ2n) is 6.99. The third kappa shape index (κ3) is 6.60. The zero-order valence-corrected chi connectivity index (χ0v) is 18.3. The Morgan fingerprint density at radius 2 is 1.61 bits per heavy atom. The van der Waals surface area contributed by atoms with Gasteiger partial charge in [-0.15, -0.1) is 9.36 Å². The van der Waals surface area contributed by atoms with Gasteiger partial charge in [-0.3, -0.25) is 0 Å². The maximum Gasteiger partial charge on any atom is 0.485 e. The molecule has 7 nitrogen and oxygen atoms in total.